The van der Waals surface area contributed by atoms with Gasteiger partial charge in [0.2, 0.25) is 0 Å². The summed E-state index contributed by atoms with van der Waals surface area (Å²) in [5, 5.41) is 0. The van der Waals surface area contributed by atoms with Gasteiger partial charge in [-0.1, -0.05) is 38.1 Å². The number of nitrogens with two attached hydrogens (primary N) is 1. The zero-order chi connectivity index (χ0) is 14.2. The molecule has 1 aromatic rings. The van der Waals surface area contributed by atoms with E-state index in [0.717, 1.165) is 12.5 Å². The zero-order valence-electron chi connectivity index (χ0n) is 12.9. The van der Waals surface area contributed by atoms with E-state index in [9.17, 15) is 0 Å². The summed E-state index contributed by atoms with van der Waals surface area (Å²) in [6.07, 6.45) is 5.38. The average molecular weight is 272 g/mol. The van der Waals surface area contributed by atoms with Crippen molar-refractivity contribution in [3.63, 3.8) is 0 Å². The van der Waals surface area contributed by atoms with Crippen LogP contribution in [0.4, 0.5) is 0 Å². The lowest BCUT2D eigenvalue weighted by atomic mass is 9.83. The van der Waals surface area contributed by atoms with Crippen LogP contribution in [0.2, 0.25) is 0 Å². The standard InChI is InChI=1S/C18H28N2/c1-18(2)10-3-11-20(13-18)17(12-19)16-8-6-15(7-9-16)14-4-5-14/h6-9,14,17H,3-5,10-13,19H2,1-2H3. The van der Waals surface area contributed by atoms with E-state index in [0.29, 0.717) is 11.5 Å². The summed E-state index contributed by atoms with van der Waals surface area (Å²) in [6, 6.07) is 9.66. The second kappa shape index (κ2) is 5.50. The molecule has 20 heavy (non-hydrogen) atoms. The molecule has 1 heterocycles. The second-order valence-corrected chi connectivity index (χ2v) is 7.43. The number of benzene rings is 1. The summed E-state index contributed by atoms with van der Waals surface area (Å²) in [4.78, 5) is 2.59. The van der Waals surface area contributed by atoms with Crippen LogP contribution in [0.25, 0.3) is 0 Å². The predicted molar refractivity (Wildman–Crippen MR) is 84.8 cm³/mol. The Morgan fingerprint density at radius 3 is 2.50 bits per heavy atom. The lowest BCUT2D eigenvalue weighted by Gasteiger charge is -2.42. The topological polar surface area (TPSA) is 29.3 Å². The maximum atomic E-state index is 6.09. The van der Waals surface area contributed by atoms with Crippen LogP contribution in [0.5, 0.6) is 0 Å². The van der Waals surface area contributed by atoms with Crippen molar-refractivity contribution >= 4 is 0 Å². The van der Waals surface area contributed by atoms with Crippen molar-refractivity contribution in [2.75, 3.05) is 19.6 Å². The molecule has 1 unspecified atom stereocenters. The van der Waals surface area contributed by atoms with Gasteiger partial charge in [-0.2, -0.15) is 0 Å². The quantitative estimate of drug-likeness (QED) is 0.906. The van der Waals surface area contributed by atoms with E-state index in [4.69, 9.17) is 5.73 Å². The molecule has 0 bridgehead atoms. The number of nitrogens with zero attached hydrogens (tertiary/aromatic N) is 1. The maximum absolute atomic E-state index is 6.09. The Morgan fingerprint density at radius 2 is 1.95 bits per heavy atom. The Morgan fingerprint density at radius 1 is 1.25 bits per heavy atom. The van der Waals surface area contributed by atoms with Crippen molar-refractivity contribution in [1.29, 1.82) is 0 Å². The molecule has 0 spiro atoms. The highest BCUT2D eigenvalue weighted by Gasteiger charge is 2.31. The molecule has 1 atom stereocenters. The van der Waals surface area contributed by atoms with Crippen LogP contribution in [0.15, 0.2) is 24.3 Å². The Balaban J connectivity index is 1.74. The average Bonchev–Trinajstić information content (AvgIpc) is 3.24. The van der Waals surface area contributed by atoms with Gasteiger partial charge < -0.3 is 5.73 Å². The molecule has 2 fully saturated rings. The summed E-state index contributed by atoms with van der Waals surface area (Å²) in [5.74, 6) is 0.842. The molecule has 3 rings (SSSR count). The first kappa shape index (κ1) is 14.1. The molecular formula is C18H28N2. The normalized spacial score (nSPS) is 24.6. The Kier molecular flexibility index (Phi) is 3.87. The van der Waals surface area contributed by atoms with Gasteiger partial charge in [-0.05, 0) is 54.7 Å². The molecule has 1 aliphatic carbocycles. The molecule has 110 valence electrons. The van der Waals surface area contributed by atoms with Crippen LogP contribution >= 0.6 is 0 Å². The molecule has 2 N–H and O–H groups in total. The molecule has 0 amide bonds. The van der Waals surface area contributed by atoms with Gasteiger partial charge in [0.25, 0.3) is 0 Å². The Labute approximate surface area is 123 Å². The molecule has 1 aromatic carbocycles. The summed E-state index contributed by atoms with van der Waals surface area (Å²) in [5.41, 5.74) is 9.44. The SMILES string of the molecule is CC1(C)CCCN(C(CN)c2ccc(C3CC3)cc2)C1. The van der Waals surface area contributed by atoms with Crippen molar-refractivity contribution in [1.82, 2.24) is 4.90 Å². The van der Waals surface area contributed by atoms with Crippen molar-refractivity contribution in [3.05, 3.63) is 35.4 Å². The van der Waals surface area contributed by atoms with Crippen LogP contribution in [-0.2, 0) is 0 Å². The number of hydrogen-bond acceptors (Lipinski definition) is 2. The fraction of sp³-hybridized carbons (Fsp3) is 0.667. The monoisotopic (exact) mass is 272 g/mol. The van der Waals surface area contributed by atoms with Crippen LogP contribution in [0.3, 0.4) is 0 Å². The fourth-order valence-corrected chi connectivity index (χ4v) is 3.64. The second-order valence-electron chi connectivity index (χ2n) is 7.43. The van der Waals surface area contributed by atoms with Crippen molar-refractivity contribution in [3.8, 4) is 0 Å². The van der Waals surface area contributed by atoms with E-state index in [-0.39, 0.29) is 0 Å². The highest BCUT2D eigenvalue weighted by Crippen LogP contribution is 2.40. The lowest BCUT2D eigenvalue weighted by Crippen LogP contribution is -2.44. The molecule has 0 aromatic heterocycles. The summed E-state index contributed by atoms with van der Waals surface area (Å²) in [7, 11) is 0. The molecule has 2 aliphatic rings. The number of rotatable bonds is 4. The molecule has 2 heteroatoms. The van der Waals surface area contributed by atoms with Crippen LogP contribution in [0.1, 0.15) is 62.6 Å². The maximum Gasteiger partial charge on any atom is 0.0470 e. The van der Waals surface area contributed by atoms with Crippen LogP contribution < -0.4 is 5.73 Å². The molecule has 1 aliphatic heterocycles. The zero-order valence-corrected chi connectivity index (χ0v) is 12.9. The first-order valence-corrected chi connectivity index (χ1v) is 8.13. The van der Waals surface area contributed by atoms with E-state index in [1.165, 1.54) is 49.9 Å². The third kappa shape index (κ3) is 3.07. The van der Waals surface area contributed by atoms with Crippen molar-refractivity contribution in [2.24, 2.45) is 11.1 Å². The minimum atomic E-state index is 0.392. The third-order valence-corrected chi connectivity index (χ3v) is 4.96. The third-order valence-electron chi connectivity index (χ3n) is 4.96. The number of likely N-dealkylation sites (tertiary alicyclic amines) is 1. The first-order valence-electron chi connectivity index (χ1n) is 8.13. The smallest absolute Gasteiger partial charge is 0.0470 e. The van der Waals surface area contributed by atoms with E-state index >= 15 is 0 Å². The van der Waals surface area contributed by atoms with Gasteiger partial charge >= 0.3 is 0 Å². The largest absolute Gasteiger partial charge is 0.329 e. The molecule has 2 nitrogen and oxygen atoms in total. The van der Waals surface area contributed by atoms with Gasteiger partial charge in [-0.15, -0.1) is 0 Å². The van der Waals surface area contributed by atoms with Crippen LogP contribution in [-0.4, -0.2) is 24.5 Å². The highest BCUT2D eigenvalue weighted by molar-refractivity contribution is 5.30. The van der Waals surface area contributed by atoms with Gasteiger partial charge in [0.15, 0.2) is 0 Å². The van der Waals surface area contributed by atoms with Gasteiger partial charge in [0, 0.05) is 19.1 Å². The molecular weight excluding hydrogens is 244 g/mol. The van der Waals surface area contributed by atoms with Gasteiger partial charge in [-0.3, -0.25) is 4.90 Å². The summed E-state index contributed by atoms with van der Waals surface area (Å²) < 4.78 is 0. The Hall–Kier alpha value is -0.860. The summed E-state index contributed by atoms with van der Waals surface area (Å²) in [6.45, 7) is 7.83. The molecule has 0 radical (unpaired) electrons. The van der Waals surface area contributed by atoms with E-state index in [2.05, 4.69) is 43.0 Å². The van der Waals surface area contributed by atoms with Crippen molar-refractivity contribution < 1.29 is 0 Å². The summed E-state index contributed by atoms with van der Waals surface area (Å²) >= 11 is 0. The van der Waals surface area contributed by atoms with Crippen molar-refractivity contribution in [2.45, 2.75) is 51.5 Å². The lowest BCUT2D eigenvalue weighted by molar-refractivity contribution is 0.0807. The Bertz CT molecular complexity index is 445. The predicted octanol–water partition coefficient (Wildman–Crippen LogP) is 3.69. The first-order chi connectivity index (χ1) is 9.59. The van der Waals surface area contributed by atoms with E-state index in [1.54, 1.807) is 0 Å². The minimum Gasteiger partial charge on any atom is -0.329 e. The highest BCUT2D eigenvalue weighted by atomic mass is 15.2. The van der Waals surface area contributed by atoms with E-state index in [1.807, 2.05) is 0 Å². The number of hydrogen-bond donors (Lipinski definition) is 1. The molecule has 1 saturated carbocycles. The van der Waals surface area contributed by atoms with Gasteiger partial charge in [-0.25, -0.2) is 0 Å². The number of piperidine rings is 1. The van der Waals surface area contributed by atoms with Gasteiger partial charge in [0.05, 0.1) is 0 Å². The minimum absolute atomic E-state index is 0.392. The molecule has 1 saturated heterocycles. The fourth-order valence-electron chi connectivity index (χ4n) is 3.64. The van der Waals surface area contributed by atoms with Crippen LogP contribution in [0, 0.1) is 5.41 Å². The van der Waals surface area contributed by atoms with Gasteiger partial charge in [0.1, 0.15) is 0 Å². The van der Waals surface area contributed by atoms with E-state index < -0.39 is 0 Å².